The lowest BCUT2D eigenvalue weighted by Gasteiger charge is -2.18. The van der Waals surface area contributed by atoms with Gasteiger partial charge in [-0.3, -0.25) is 14.4 Å². The van der Waals surface area contributed by atoms with E-state index in [-0.39, 0.29) is 31.1 Å². The number of ether oxygens (including phenoxy) is 3. The number of carbonyl (C=O) groups is 3. The van der Waals surface area contributed by atoms with E-state index in [0.717, 1.165) is 135 Å². The van der Waals surface area contributed by atoms with Crippen LogP contribution >= 0.6 is 0 Å². The second kappa shape index (κ2) is 70.0. The van der Waals surface area contributed by atoms with Crippen molar-refractivity contribution in [3.63, 3.8) is 0 Å². The van der Waals surface area contributed by atoms with E-state index in [1.165, 1.54) is 141 Å². The number of rotatable bonds is 62. The van der Waals surface area contributed by atoms with Crippen LogP contribution in [0.25, 0.3) is 0 Å². The minimum atomic E-state index is -0.792. The Labute approximate surface area is 513 Å². The van der Waals surface area contributed by atoms with E-state index in [2.05, 4.69) is 154 Å². The molecule has 0 saturated heterocycles. The molecule has 0 bridgehead atoms. The Balaban J connectivity index is 4.30. The molecule has 1 atom stereocenters. The summed E-state index contributed by atoms with van der Waals surface area (Å²) < 4.78 is 16.9. The van der Waals surface area contributed by atoms with Crippen LogP contribution in [-0.4, -0.2) is 37.2 Å². The maximum atomic E-state index is 12.9. The average molecular weight is 1150 g/mol. The third-order valence-electron chi connectivity index (χ3n) is 14.6. The van der Waals surface area contributed by atoms with Crippen molar-refractivity contribution in [1.29, 1.82) is 0 Å². The van der Waals surface area contributed by atoms with Crippen LogP contribution < -0.4 is 0 Å². The number of carbonyl (C=O) groups excluding carboxylic acids is 3. The molecule has 0 aromatic rings. The maximum Gasteiger partial charge on any atom is 0.306 e. The van der Waals surface area contributed by atoms with Crippen molar-refractivity contribution in [1.82, 2.24) is 0 Å². The minimum absolute atomic E-state index is 0.0865. The maximum absolute atomic E-state index is 12.9. The standard InChI is InChI=1S/C77H128O6/c1-4-7-10-13-16-19-22-24-26-28-30-31-32-33-34-35-36-37-38-39-40-41-42-43-44-45-47-48-50-52-55-58-61-64-67-70-76(79)82-73-74(72-81-75(78)69-66-63-60-57-54-21-18-15-12-9-6-3)83-77(80)71-68-65-62-59-56-53-51-49-46-29-27-25-23-20-17-14-11-8-5-2/h7,10,16,19,24-27,30-31,33-34,36-37,39-40,42-43,45,47,50,52,74H,4-6,8-9,11-15,17-18,20-23,28-29,32,35,38,41,44,46,48-49,51,53-73H2,1-3H3/b10-7-,19-16-,26-24-,27-25-,31-30-,34-33-,37-36-,40-39-,43-42-,47-45-,52-50-. The van der Waals surface area contributed by atoms with Crippen molar-refractivity contribution in [2.24, 2.45) is 0 Å². The van der Waals surface area contributed by atoms with Crippen molar-refractivity contribution >= 4 is 17.9 Å². The van der Waals surface area contributed by atoms with Gasteiger partial charge in [0.1, 0.15) is 13.2 Å². The van der Waals surface area contributed by atoms with Crippen molar-refractivity contribution < 1.29 is 28.6 Å². The lowest BCUT2D eigenvalue weighted by atomic mass is 10.1. The molecule has 0 spiro atoms. The topological polar surface area (TPSA) is 78.9 Å². The number of hydrogen-bond acceptors (Lipinski definition) is 6. The predicted octanol–water partition coefficient (Wildman–Crippen LogP) is 24.1. The zero-order valence-electron chi connectivity index (χ0n) is 54.2. The van der Waals surface area contributed by atoms with Gasteiger partial charge in [0.2, 0.25) is 0 Å². The molecule has 0 aliphatic rings. The fourth-order valence-corrected chi connectivity index (χ4v) is 9.47. The normalized spacial score (nSPS) is 13.0. The van der Waals surface area contributed by atoms with Gasteiger partial charge in [0, 0.05) is 19.3 Å². The van der Waals surface area contributed by atoms with Crippen molar-refractivity contribution in [3.05, 3.63) is 134 Å². The lowest BCUT2D eigenvalue weighted by molar-refractivity contribution is -0.167. The molecule has 83 heavy (non-hydrogen) atoms. The minimum Gasteiger partial charge on any atom is -0.462 e. The molecule has 0 aliphatic carbocycles. The molecule has 0 N–H and O–H groups in total. The summed E-state index contributed by atoms with van der Waals surface area (Å²) >= 11 is 0. The Morgan fingerprint density at radius 2 is 0.470 bits per heavy atom. The highest BCUT2D eigenvalue weighted by molar-refractivity contribution is 5.71. The van der Waals surface area contributed by atoms with Gasteiger partial charge in [-0.15, -0.1) is 0 Å². The van der Waals surface area contributed by atoms with Gasteiger partial charge in [0.15, 0.2) is 6.10 Å². The van der Waals surface area contributed by atoms with Gasteiger partial charge in [-0.2, -0.15) is 0 Å². The van der Waals surface area contributed by atoms with E-state index in [9.17, 15) is 14.4 Å². The Morgan fingerprint density at radius 3 is 0.747 bits per heavy atom. The highest BCUT2D eigenvalue weighted by atomic mass is 16.6. The summed E-state index contributed by atoms with van der Waals surface area (Å²) in [5.74, 6) is -0.908. The molecule has 0 radical (unpaired) electrons. The summed E-state index contributed by atoms with van der Waals surface area (Å²) in [5.41, 5.74) is 0. The molecule has 1 unspecified atom stereocenters. The first-order chi connectivity index (χ1) is 41.0. The summed E-state index contributed by atoms with van der Waals surface area (Å²) in [6.45, 7) is 6.51. The predicted molar refractivity (Wildman–Crippen MR) is 362 cm³/mol. The smallest absolute Gasteiger partial charge is 0.306 e. The van der Waals surface area contributed by atoms with Gasteiger partial charge in [-0.05, 0) is 122 Å². The van der Waals surface area contributed by atoms with Gasteiger partial charge in [0.25, 0.3) is 0 Å². The van der Waals surface area contributed by atoms with E-state index < -0.39 is 6.10 Å². The molecular formula is C77H128O6. The Bertz CT molecular complexity index is 1750. The van der Waals surface area contributed by atoms with Crippen LogP contribution in [0, 0.1) is 0 Å². The Kier molecular flexibility index (Phi) is 66.3. The quantitative estimate of drug-likeness (QED) is 0.0261. The van der Waals surface area contributed by atoms with E-state index in [1.54, 1.807) is 0 Å². The number of hydrogen-bond donors (Lipinski definition) is 0. The van der Waals surface area contributed by atoms with E-state index in [1.807, 2.05) is 0 Å². The summed E-state index contributed by atoms with van der Waals surface area (Å²) in [6, 6.07) is 0. The van der Waals surface area contributed by atoms with Crippen LogP contribution in [-0.2, 0) is 28.6 Å². The summed E-state index contributed by atoms with van der Waals surface area (Å²) in [7, 11) is 0. The molecule has 6 heteroatoms. The Morgan fingerprint density at radius 1 is 0.253 bits per heavy atom. The van der Waals surface area contributed by atoms with Crippen molar-refractivity contribution in [3.8, 4) is 0 Å². The van der Waals surface area contributed by atoms with Crippen LogP contribution in [0.2, 0.25) is 0 Å². The summed E-state index contributed by atoms with van der Waals surface area (Å²) in [5, 5.41) is 0. The largest absolute Gasteiger partial charge is 0.462 e. The molecule has 472 valence electrons. The highest BCUT2D eigenvalue weighted by Crippen LogP contribution is 2.16. The van der Waals surface area contributed by atoms with E-state index in [4.69, 9.17) is 14.2 Å². The van der Waals surface area contributed by atoms with Gasteiger partial charge in [-0.25, -0.2) is 0 Å². The van der Waals surface area contributed by atoms with Crippen molar-refractivity contribution in [2.75, 3.05) is 13.2 Å². The van der Waals surface area contributed by atoms with Gasteiger partial charge in [0.05, 0.1) is 0 Å². The van der Waals surface area contributed by atoms with Crippen LogP contribution in [0.4, 0.5) is 0 Å². The SMILES string of the molecule is CC/C=C\C/C=C\C/C=C\C/C=C\C/C=C\C/C=C\C/C=C\C/C=C\C/C=C\C/C=C\CCCCCCC(=O)OCC(COC(=O)CCCCCCCCCCCCC)OC(=O)CCCCCCCCCCC/C=C\CCCCCCCC. The summed E-state index contributed by atoms with van der Waals surface area (Å²) in [4.78, 5) is 38.3. The molecule has 6 nitrogen and oxygen atoms in total. The second-order valence-corrected chi connectivity index (χ2v) is 22.7. The second-order valence-electron chi connectivity index (χ2n) is 22.7. The van der Waals surface area contributed by atoms with Gasteiger partial charge < -0.3 is 14.2 Å². The molecule has 0 fully saturated rings. The molecule has 0 aromatic carbocycles. The van der Waals surface area contributed by atoms with Gasteiger partial charge >= 0.3 is 17.9 Å². The fourth-order valence-electron chi connectivity index (χ4n) is 9.47. The number of unbranched alkanes of at least 4 members (excludes halogenated alkanes) is 29. The van der Waals surface area contributed by atoms with Gasteiger partial charge in [-0.1, -0.05) is 309 Å². The highest BCUT2D eigenvalue weighted by Gasteiger charge is 2.19. The summed E-state index contributed by atoms with van der Waals surface area (Å²) in [6.07, 6.45) is 99.0. The lowest BCUT2D eigenvalue weighted by Crippen LogP contribution is -2.30. The number of esters is 3. The van der Waals surface area contributed by atoms with E-state index in [0.29, 0.717) is 19.3 Å². The first-order valence-corrected chi connectivity index (χ1v) is 34.7. The Hall–Kier alpha value is -4.45. The van der Waals surface area contributed by atoms with Crippen LogP contribution in [0.3, 0.4) is 0 Å². The number of allylic oxidation sites excluding steroid dienone is 22. The molecule has 0 amide bonds. The molecule has 0 aromatic heterocycles. The molecule has 0 aliphatic heterocycles. The third-order valence-corrected chi connectivity index (χ3v) is 14.6. The van der Waals surface area contributed by atoms with Crippen molar-refractivity contribution in [2.45, 2.75) is 322 Å². The zero-order chi connectivity index (χ0) is 59.9. The molecule has 0 heterocycles. The zero-order valence-corrected chi connectivity index (χ0v) is 54.2. The third kappa shape index (κ3) is 68.2. The first-order valence-electron chi connectivity index (χ1n) is 34.7. The average Bonchev–Trinajstić information content (AvgIpc) is 3.48. The van der Waals surface area contributed by atoms with Crippen LogP contribution in [0.1, 0.15) is 316 Å². The van der Waals surface area contributed by atoms with E-state index >= 15 is 0 Å². The van der Waals surface area contributed by atoms with Crippen LogP contribution in [0.5, 0.6) is 0 Å². The molecule has 0 rings (SSSR count). The van der Waals surface area contributed by atoms with Crippen LogP contribution in [0.15, 0.2) is 134 Å². The fraction of sp³-hybridized carbons (Fsp3) is 0.675. The molecular weight excluding hydrogens is 1020 g/mol. The molecule has 0 saturated carbocycles. The monoisotopic (exact) mass is 1150 g/mol. The first kappa shape index (κ1) is 78.5.